The number of methoxy groups -OCH3 is 1. The summed E-state index contributed by atoms with van der Waals surface area (Å²) in [5.74, 6) is 1.73. The molecule has 0 saturated carbocycles. The van der Waals surface area contributed by atoms with Gasteiger partial charge < -0.3 is 20.1 Å². The number of para-hydroxylation sites is 1. The van der Waals surface area contributed by atoms with E-state index in [4.69, 9.17) is 21.3 Å². The minimum atomic E-state index is -0.125. The summed E-state index contributed by atoms with van der Waals surface area (Å²) in [6.07, 6.45) is 4.97. The number of aromatic nitrogens is 1. The van der Waals surface area contributed by atoms with Crippen LogP contribution in [0.1, 0.15) is 41.6 Å². The fourth-order valence-electron chi connectivity index (χ4n) is 6.00. The number of rotatable bonds is 9. The van der Waals surface area contributed by atoms with E-state index in [0.29, 0.717) is 41.3 Å². The lowest BCUT2D eigenvalue weighted by Gasteiger charge is -2.42. The van der Waals surface area contributed by atoms with Crippen molar-refractivity contribution in [3.05, 3.63) is 76.8 Å². The number of benzene rings is 2. The number of pyridine rings is 1. The van der Waals surface area contributed by atoms with Crippen LogP contribution in [0.3, 0.4) is 0 Å². The zero-order valence-electron chi connectivity index (χ0n) is 23.2. The van der Waals surface area contributed by atoms with Crippen LogP contribution in [0.25, 0.3) is 11.3 Å². The minimum Gasteiger partial charge on any atom is -0.496 e. The molecule has 0 spiro atoms. The van der Waals surface area contributed by atoms with E-state index in [1.165, 1.54) is 0 Å². The molecule has 1 unspecified atom stereocenters. The molecule has 40 heavy (non-hydrogen) atoms. The van der Waals surface area contributed by atoms with Gasteiger partial charge in [0.1, 0.15) is 11.6 Å². The highest BCUT2D eigenvalue weighted by atomic mass is 35.5. The van der Waals surface area contributed by atoms with Gasteiger partial charge in [-0.3, -0.25) is 9.69 Å². The van der Waals surface area contributed by atoms with Crippen LogP contribution >= 0.6 is 11.6 Å². The van der Waals surface area contributed by atoms with Crippen LogP contribution in [-0.4, -0.2) is 73.4 Å². The maximum absolute atomic E-state index is 13.5. The molecule has 2 saturated heterocycles. The molecule has 2 aliphatic rings. The minimum absolute atomic E-state index is 0.125. The number of anilines is 1. The van der Waals surface area contributed by atoms with Gasteiger partial charge in [0.2, 0.25) is 0 Å². The van der Waals surface area contributed by atoms with Gasteiger partial charge in [0.25, 0.3) is 5.91 Å². The number of halogens is 1. The van der Waals surface area contributed by atoms with Crippen LogP contribution in [-0.2, 0) is 6.42 Å². The maximum atomic E-state index is 13.5. The Kier molecular flexibility index (Phi) is 9.57. The van der Waals surface area contributed by atoms with Gasteiger partial charge in [-0.25, -0.2) is 4.98 Å². The number of nitrogens with zero attached hydrogens (tertiary/aromatic N) is 3. The summed E-state index contributed by atoms with van der Waals surface area (Å²) in [5, 5.41) is 13.5. The first kappa shape index (κ1) is 28.4. The third-order valence-electron chi connectivity index (χ3n) is 8.18. The van der Waals surface area contributed by atoms with E-state index < -0.39 is 0 Å². The van der Waals surface area contributed by atoms with Gasteiger partial charge in [0, 0.05) is 49.4 Å². The topological polar surface area (TPSA) is 77.9 Å². The SMILES string of the molecule is COc1ccccc1-c1ccc(C(=O)NCCc2cccc(Cl)c2)c(N2CCC(N3CCCC(CO)C3)CC2)n1. The van der Waals surface area contributed by atoms with Crippen molar-refractivity contribution in [2.45, 2.75) is 38.1 Å². The van der Waals surface area contributed by atoms with Crippen LogP contribution in [0, 0.1) is 5.92 Å². The molecule has 2 N–H and O–H groups in total. The molecule has 2 aliphatic heterocycles. The second-order valence-corrected chi connectivity index (χ2v) is 11.2. The average molecular weight is 563 g/mol. The average Bonchev–Trinajstić information content (AvgIpc) is 3.01. The molecule has 0 bridgehead atoms. The summed E-state index contributed by atoms with van der Waals surface area (Å²) in [6, 6.07) is 19.9. The number of carbonyl (C=O) groups is 1. The lowest BCUT2D eigenvalue weighted by molar-refractivity contribution is 0.0777. The largest absolute Gasteiger partial charge is 0.496 e. The zero-order chi connectivity index (χ0) is 27.9. The molecule has 2 fully saturated rings. The molecule has 2 aromatic carbocycles. The fourth-order valence-corrected chi connectivity index (χ4v) is 6.21. The second kappa shape index (κ2) is 13.5. The van der Waals surface area contributed by atoms with Crippen LogP contribution in [0.5, 0.6) is 5.75 Å². The first-order valence-corrected chi connectivity index (χ1v) is 14.7. The van der Waals surface area contributed by atoms with Crippen molar-refractivity contribution < 1.29 is 14.6 Å². The summed E-state index contributed by atoms with van der Waals surface area (Å²) in [5.41, 5.74) is 3.35. The third-order valence-corrected chi connectivity index (χ3v) is 8.42. The van der Waals surface area contributed by atoms with Crippen molar-refractivity contribution in [2.75, 3.05) is 51.3 Å². The van der Waals surface area contributed by atoms with E-state index in [1.54, 1.807) is 7.11 Å². The predicted octanol–water partition coefficient (Wildman–Crippen LogP) is 5.06. The van der Waals surface area contributed by atoms with Gasteiger partial charge in [0.05, 0.1) is 18.4 Å². The van der Waals surface area contributed by atoms with Gasteiger partial charge in [-0.1, -0.05) is 35.9 Å². The number of aliphatic hydroxyl groups is 1. The Hall–Kier alpha value is -3.13. The molecule has 0 radical (unpaired) electrons. The Bertz CT molecular complexity index is 1290. The molecule has 1 amide bonds. The van der Waals surface area contributed by atoms with Gasteiger partial charge in [-0.05, 0) is 86.5 Å². The predicted molar refractivity (Wildman–Crippen MR) is 160 cm³/mol. The molecule has 5 rings (SSSR count). The molecule has 3 heterocycles. The number of ether oxygens (including phenoxy) is 1. The Balaban J connectivity index is 1.34. The fraction of sp³-hybridized carbons (Fsp3) is 0.438. The number of hydrogen-bond donors (Lipinski definition) is 2. The smallest absolute Gasteiger partial charge is 0.255 e. The Morgan fingerprint density at radius 1 is 1.07 bits per heavy atom. The van der Waals surface area contributed by atoms with Crippen LogP contribution in [0.15, 0.2) is 60.7 Å². The van der Waals surface area contributed by atoms with Crippen LogP contribution < -0.4 is 15.0 Å². The zero-order valence-corrected chi connectivity index (χ0v) is 23.9. The van der Waals surface area contributed by atoms with E-state index in [0.717, 1.165) is 74.4 Å². The van der Waals surface area contributed by atoms with Crippen molar-refractivity contribution in [2.24, 2.45) is 5.92 Å². The van der Waals surface area contributed by atoms with E-state index in [9.17, 15) is 9.90 Å². The quantitative estimate of drug-likeness (QED) is 0.380. The highest BCUT2D eigenvalue weighted by Gasteiger charge is 2.30. The number of amides is 1. The highest BCUT2D eigenvalue weighted by Crippen LogP contribution is 2.33. The Labute approximate surface area is 242 Å². The molecule has 0 aliphatic carbocycles. The van der Waals surface area contributed by atoms with E-state index in [2.05, 4.69) is 15.1 Å². The second-order valence-electron chi connectivity index (χ2n) is 10.8. The summed E-state index contributed by atoms with van der Waals surface area (Å²) >= 11 is 6.13. The molecule has 3 aromatic rings. The maximum Gasteiger partial charge on any atom is 0.255 e. The first-order valence-electron chi connectivity index (χ1n) is 14.3. The third kappa shape index (κ3) is 6.77. The summed E-state index contributed by atoms with van der Waals surface area (Å²) in [4.78, 5) is 23.3. The van der Waals surface area contributed by atoms with Crippen LogP contribution in [0.2, 0.25) is 5.02 Å². The van der Waals surface area contributed by atoms with E-state index in [1.807, 2.05) is 60.7 Å². The lowest BCUT2D eigenvalue weighted by atomic mass is 9.94. The summed E-state index contributed by atoms with van der Waals surface area (Å²) in [6.45, 7) is 4.51. The Morgan fingerprint density at radius 2 is 1.90 bits per heavy atom. The van der Waals surface area contributed by atoms with Crippen molar-refractivity contribution in [1.29, 1.82) is 0 Å². The number of nitrogens with one attached hydrogen (secondary N) is 1. The number of likely N-dealkylation sites (tertiary alicyclic amines) is 1. The normalized spacial score (nSPS) is 18.5. The molecule has 1 atom stereocenters. The number of piperidine rings is 2. The first-order chi connectivity index (χ1) is 19.6. The molecular weight excluding hydrogens is 524 g/mol. The van der Waals surface area contributed by atoms with Crippen molar-refractivity contribution in [3.63, 3.8) is 0 Å². The van der Waals surface area contributed by atoms with E-state index >= 15 is 0 Å². The van der Waals surface area contributed by atoms with Crippen molar-refractivity contribution in [3.8, 4) is 17.0 Å². The molecule has 212 valence electrons. The Morgan fingerprint density at radius 3 is 2.67 bits per heavy atom. The summed E-state index contributed by atoms with van der Waals surface area (Å²) in [7, 11) is 1.66. The molecule has 1 aromatic heterocycles. The number of carbonyl (C=O) groups excluding carboxylic acids is 1. The van der Waals surface area contributed by atoms with Gasteiger partial charge >= 0.3 is 0 Å². The molecule has 8 heteroatoms. The van der Waals surface area contributed by atoms with Gasteiger partial charge in [-0.2, -0.15) is 0 Å². The molecule has 7 nitrogen and oxygen atoms in total. The van der Waals surface area contributed by atoms with Crippen molar-refractivity contribution >= 4 is 23.3 Å². The number of hydrogen-bond acceptors (Lipinski definition) is 6. The van der Waals surface area contributed by atoms with Gasteiger partial charge in [-0.15, -0.1) is 0 Å². The van der Waals surface area contributed by atoms with Crippen molar-refractivity contribution in [1.82, 2.24) is 15.2 Å². The standard InChI is InChI=1S/C32H39ClN4O3/c1-40-30-10-3-2-9-27(30)29-12-11-28(32(39)34-16-13-23-6-4-8-25(33)20-23)31(35-29)36-18-14-26(15-19-36)37-17-5-7-24(21-37)22-38/h2-4,6,8-12,20,24,26,38H,5,7,13-19,21-22H2,1H3,(H,34,39). The summed E-state index contributed by atoms with van der Waals surface area (Å²) < 4.78 is 5.60. The lowest BCUT2D eigenvalue weighted by Crippen LogP contribution is -2.49. The van der Waals surface area contributed by atoms with E-state index in [-0.39, 0.29) is 12.5 Å². The monoisotopic (exact) mass is 562 g/mol. The van der Waals surface area contributed by atoms with Gasteiger partial charge in [0.15, 0.2) is 0 Å². The highest BCUT2D eigenvalue weighted by molar-refractivity contribution is 6.30. The molecular formula is C32H39ClN4O3. The number of aliphatic hydroxyl groups excluding tert-OH is 1. The van der Waals surface area contributed by atoms with Crippen LogP contribution in [0.4, 0.5) is 5.82 Å².